The average molecular weight is 154 g/mol. The van der Waals surface area contributed by atoms with Gasteiger partial charge in [-0.05, 0) is 13.3 Å². The third kappa shape index (κ3) is 3.61. The van der Waals surface area contributed by atoms with E-state index in [1.54, 1.807) is 19.1 Å². The molecule has 2 heteroatoms. The molecule has 0 aromatic rings. The topological polar surface area (TPSA) is 26.3 Å². The number of carbonyl (C=O) groups excluding carboxylic acids is 1. The summed E-state index contributed by atoms with van der Waals surface area (Å²) in [7, 11) is 0. The first kappa shape index (κ1) is 9.95. The van der Waals surface area contributed by atoms with Crippen LogP contribution in [0.5, 0.6) is 0 Å². The monoisotopic (exact) mass is 154 g/mol. The van der Waals surface area contributed by atoms with Crippen LogP contribution in [-0.4, -0.2) is 12.6 Å². The van der Waals surface area contributed by atoms with Crippen molar-refractivity contribution in [2.75, 3.05) is 6.61 Å². The van der Waals surface area contributed by atoms with Gasteiger partial charge in [0.2, 0.25) is 0 Å². The van der Waals surface area contributed by atoms with Gasteiger partial charge in [0.1, 0.15) is 0 Å². The van der Waals surface area contributed by atoms with Gasteiger partial charge < -0.3 is 4.74 Å². The Morgan fingerprint density at radius 3 is 2.55 bits per heavy atom. The van der Waals surface area contributed by atoms with Crippen molar-refractivity contribution < 1.29 is 9.53 Å². The molecular formula is C9H14O2. The highest BCUT2D eigenvalue weighted by atomic mass is 16.5. The Bertz CT molecular complexity index is 168. The van der Waals surface area contributed by atoms with E-state index in [1.807, 2.05) is 6.92 Å². The van der Waals surface area contributed by atoms with E-state index >= 15 is 0 Å². The maximum Gasteiger partial charge on any atom is 0.333 e. The zero-order chi connectivity index (χ0) is 8.69. The molecule has 0 heterocycles. The zero-order valence-corrected chi connectivity index (χ0v) is 7.09. The van der Waals surface area contributed by atoms with Crippen molar-refractivity contribution in [3.8, 4) is 0 Å². The van der Waals surface area contributed by atoms with Gasteiger partial charge >= 0.3 is 5.97 Å². The molecule has 0 aliphatic rings. The average Bonchev–Trinajstić information content (AvgIpc) is 2.00. The van der Waals surface area contributed by atoms with Crippen LogP contribution in [0.4, 0.5) is 0 Å². The summed E-state index contributed by atoms with van der Waals surface area (Å²) >= 11 is 0. The first-order valence-electron chi connectivity index (χ1n) is 3.74. The number of hydrogen-bond donors (Lipinski definition) is 0. The Labute approximate surface area is 67.6 Å². The molecule has 0 amide bonds. The van der Waals surface area contributed by atoms with Crippen LogP contribution in [0.15, 0.2) is 24.3 Å². The van der Waals surface area contributed by atoms with Crippen LogP contribution in [0.25, 0.3) is 0 Å². The molecule has 0 aromatic heterocycles. The molecule has 0 aliphatic heterocycles. The van der Waals surface area contributed by atoms with Crippen molar-refractivity contribution in [3.05, 3.63) is 24.3 Å². The minimum absolute atomic E-state index is 0.241. The summed E-state index contributed by atoms with van der Waals surface area (Å²) < 4.78 is 4.79. The summed E-state index contributed by atoms with van der Waals surface area (Å²) in [4.78, 5) is 11.0. The molecule has 0 spiro atoms. The number of rotatable bonds is 4. The number of carbonyl (C=O) groups is 1. The molecule has 0 fully saturated rings. The third-order valence-corrected chi connectivity index (χ3v) is 1.24. The highest BCUT2D eigenvalue weighted by molar-refractivity contribution is 5.88. The molecule has 0 N–H and O–H groups in total. The first-order valence-corrected chi connectivity index (χ1v) is 3.74. The smallest absolute Gasteiger partial charge is 0.333 e. The summed E-state index contributed by atoms with van der Waals surface area (Å²) in [5.74, 6) is -0.241. The quantitative estimate of drug-likeness (QED) is 0.352. The van der Waals surface area contributed by atoms with Gasteiger partial charge in [-0.25, -0.2) is 4.79 Å². The number of hydrogen-bond acceptors (Lipinski definition) is 2. The molecule has 0 bridgehead atoms. The van der Waals surface area contributed by atoms with Crippen molar-refractivity contribution in [1.82, 2.24) is 0 Å². The molecule has 0 radical (unpaired) electrons. The van der Waals surface area contributed by atoms with Gasteiger partial charge in [0.05, 0.1) is 6.61 Å². The second-order valence-corrected chi connectivity index (χ2v) is 2.00. The van der Waals surface area contributed by atoms with E-state index in [-0.39, 0.29) is 5.97 Å². The Kier molecular flexibility index (Phi) is 5.17. The van der Waals surface area contributed by atoms with Crippen LogP contribution in [-0.2, 0) is 9.53 Å². The maximum atomic E-state index is 11.0. The van der Waals surface area contributed by atoms with E-state index in [2.05, 4.69) is 6.58 Å². The lowest BCUT2D eigenvalue weighted by atomic mass is 10.2. The first-order chi connectivity index (χ1) is 5.26. The van der Waals surface area contributed by atoms with E-state index in [4.69, 9.17) is 4.74 Å². The normalized spacial score (nSPS) is 10.9. The maximum absolute atomic E-state index is 11.0. The van der Waals surface area contributed by atoms with E-state index in [0.717, 1.165) is 0 Å². The van der Waals surface area contributed by atoms with Crippen molar-refractivity contribution >= 4 is 5.97 Å². The molecule has 0 rings (SSSR count). The fourth-order valence-corrected chi connectivity index (χ4v) is 0.696. The predicted octanol–water partition coefficient (Wildman–Crippen LogP) is 2.07. The predicted molar refractivity (Wildman–Crippen MR) is 45.2 cm³/mol. The number of ether oxygens (including phenoxy) is 1. The molecule has 0 saturated carbocycles. The van der Waals surface area contributed by atoms with E-state index in [1.165, 1.54) is 0 Å². The van der Waals surface area contributed by atoms with Gasteiger partial charge in [-0.15, -0.1) is 0 Å². The lowest BCUT2D eigenvalue weighted by Gasteiger charge is -2.01. The third-order valence-electron chi connectivity index (χ3n) is 1.24. The molecule has 2 nitrogen and oxygen atoms in total. The fourth-order valence-electron chi connectivity index (χ4n) is 0.696. The fraction of sp³-hybridized carbons (Fsp3) is 0.444. The Morgan fingerprint density at radius 2 is 2.18 bits per heavy atom. The zero-order valence-electron chi connectivity index (χ0n) is 7.09. The van der Waals surface area contributed by atoms with Gasteiger partial charge in [0, 0.05) is 5.57 Å². The Hall–Kier alpha value is -1.05. The molecule has 11 heavy (non-hydrogen) atoms. The Balaban J connectivity index is 4.13. The standard InChI is InChI=1S/C9H14O2/c1-4-7-8(5-2)9(10)11-6-3/h4,7H,1,5-6H2,2-3H3. The van der Waals surface area contributed by atoms with Crippen LogP contribution < -0.4 is 0 Å². The summed E-state index contributed by atoms with van der Waals surface area (Å²) in [5.41, 5.74) is 0.668. The lowest BCUT2D eigenvalue weighted by molar-refractivity contribution is -0.138. The van der Waals surface area contributed by atoms with Crippen LogP contribution in [0.2, 0.25) is 0 Å². The second-order valence-electron chi connectivity index (χ2n) is 2.00. The summed E-state index contributed by atoms with van der Waals surface area (Å²) in [6, 6.07) is 0. The highest BCUT2D eigenvalue weighted by Crippen LogP contribution is 2.02. The molecule has 0 unspecified atom stereocenters. The van der Waals surface area contributed by atoms with Crippen LogP contribution in [0.1, 0.15) is 20.3 Å². The molecule has 0 aliphatic carbocycles. The molecule has 0 atom stereocenters. The molecular weight excluding hydrogens is 140 g/mol. The van der Waals surface area contributed by atoms with E-state index in [0.29, 0.717) is 18.6 Å². The van der Waals surface area contributed by atoms with Crippen molar-refractivity contribution in [2.45, 2.75) is 20.3 Å². The summed E-state index contributed by atoms with van der Waals surface area (Å²) in [6.45, 7) is 7.63. The van der Waals surface area contributed by atoms with Crippen molar-refractivity contribution in [1.29, 1.82) is 0 Å². The number of esters is 1. The van der Waals surface area contributed by atoms with Crippen LogP contribution in [0, 0.1) is 0 Å². The van der Waals surface area contributed by atoms with E-state index < -0.39 is 0 Å². The molecule has 62 valence electrons. The summed E-state index contributed by atoms with van der Waals surface area (Å²) in [6.07, 6.45) is 3.96. The Morgan fingerprint density at radius 1 is 1.55 bits per heavy atom. The lowest BCUT2D eigenvalue weighted by Crippen LogP contribution is -2.06. The minimum atomic E-state index is -0.241. The summed E-state index contributed by atoms with van der Waals surface area (Å²) in [5, 5.41) is 0. The van der Waals surface area contributed by atoms with Gasteiger partial charge in [0.15, 0.2) is 0 Å². The van der Waals surface area contributed by atoms with Crippen LogP contribution >= 0.6 is 0 Å². The number of allylic oxidation sites excluding steroid dienone is 2. The van der Waals surface area contributed by atoms with Crippen molar-refractivity contribution in [2.24, 2.45) is 0 Å². The van der Waals surface area contributed by atoms with Gasteiger partial charge in [0.25, 0.3) is 0 Å². The van der Waals surface area contributed by atoms with Gasteiger partial charge in [-0.2, -0.15) is 0 Å². The molecule has 0 aromatic carbocycles. The van der Waals surface area contributed by atoms with E-state index in [9.17, 15) is 4.79 Å². The van der Waals surface area contributed by atoms with Gasteiger partial charge in [-0.3, -0.25) is 0 Å². The van der Waals surface area contributed by atoms with Crippen LogP contribution in [0.3, 0.4) is 0 Å². The SMILES string of the molecule is C=CC=C(CC)C(=O)OCC. The van der Waals surface area contributed by atoms with Crippen molar-refractivity contribution in [3.63, 3.8) is 0 Å². The van der Waals surface area contributed by atoms with Gasteiger partial charge in [-0.1, -0.05) is 25.7 Å². The molecule has 0 saturated heterocycles. The second kappa shape index (κ2) is 5.71. The minimum Gasteiger partial charge on any atom is -0.463 e. The highest BCUT2D eigenvalue weighted by Gasteiger charge is 2.05. The largest absolute Gasteiger partial charge is 0.463 e.